The van der Waals surface area contributed by atoms with Crippen molar-refractivity contribution in [1.29, 1.82) is 0 Å². The first-order valence-corrected chi connectivity index (χ1v) is 16.8. The second-order valence-corrected chi connectivity index (χ2v) is 14.9. The Labute approximate surface area is 261 Å². The van der Waals surface area contributed by atoms with E-state index in [4.69, 9.17) is 14.2 Å². The Morgan fingerprint density at radius 2 is 1.43 bits per heavy atom. The molecule has 0 bridgehead atoms. The molecule has 11 heteroatoms. The molecule has 0 saturated heterocycles. The van der Waals surface area contributed by atoms with E-state index in [2.05, 4.69) is 20.8 Å². The van der Waals surface area contributed by atoms with Gasteiger partial charge in [0.1, 0.15) is 18.3 Å². The van der Waals surface area contributed by atoms with Crippen LogP contribution in [0.4, 0.5) is 0 Å². The van der Waals surface area contributed by atoms with Gasteiger partial charge in [-0.1, -0.05) is 20.8 Å². The van der Waals surface area contributed by atoms with Crippen molar-refractivity contribution in [2.24, 2.45) is 46.3 Å². The summed E-state index contributed by atoms with van der Waals surface area (Å²) in [7, 11) is 0. The number of aliphatic hydroxyl groups is 6. The predicted octanol–water partition coefficient (Wildman–Crippen LogP) is 1.58. The lowest BCUT2D eigenvalue weighted by molar-refractivity contribution is -0.234. The SMILES string of the molecule is C[C@H](CCC(=O)O)C1CCC2C3C(OCC(O)CO)CC4CC(OCC(O)CO)CCC4(C)C3CC(OCC(O)CO)C21C. The summed E-state index contributed by atoms with van der Waals surface area (Å²) in [6.07, 6.45) is 3.46. The minimum atomic E-state index is -0.980. The van der Waals surface area contributed by atoms with E-state index in [1.807, 2.05) is 0 Å². The summed E-state index contributed by atoms with van der Waals surface area (Å²) in [6, 6.07) is 0. The molecule has 4 saturated carbocycles. The fourth-order valence-corrected chi connectivity index (χ4v) is 10.1. The van der Waals surface area contributed by atoms with Gasteiger partial charge < -0.3 is 50.0 Å². The summed E-state index contributed by atoms with van der Waals surface area (Å²) in [6.45, 7) is 5.86. The van der Waals surface area contributed by atoms with Crippen molar-refractivity contribution in [3.05, 3.63) is 0 Å². The van der Waals surface area contributed by atoms with Gasteiger partial charge in [-0.25, -0.2) is 0 Å². The van der Waals surface area contributed by atoms with Gasteiger partial charge in [0.25, 0.3) is 0 Å². The summed E-state index contributed by atoms with van der Waals surface area (Å²) >= 11 is 0. The number of rotatable bonds is 16. The molecule has 0 heterocycles. The molecule has 0 radical (unpaired) electrons. The second kappa shape index (κ2) is 15.3. The fourth-order valence-electron chi connectivity index (χ4n) is 10.1. The Bertz CT molecular complexity index is 920. The first-order chi connectivity index (χ1) is 20.9. The number of ether oxygens (including phenoxy) is 3. The van der Waals surface area contributed by atoms with Crippen molar-refractivity contribution < 1.29 is 54.8 Å². The molecule has 4 rings (SSSR count). The van der Waals surface area contributed by atoms with Crippen LogP contribution in [0.15, 0.2) is 0 Å². The van der Waals surface area contributed by atoms with E-state index >= 15 is 0 Å². The Hall–Kier alpha value is -0.890. The van der Waals surface area contributed by atoms with Gasteiger partial charge in [-0.3, -0.25) is 4.79 Å². The lowest BCUT2D eigenvalue weighted by Crippen LogP contribution is -2.63. The minimum Gasteiger partial charge on any atom is -0.481 e. The van der Waals surface area contributed by atoms with Crippen molar-refractivity contribution in [2.75, 3.05) is 39.6 Å². The molecule has 4 aliphatic rings. The van der Waals surface area contributed by atoms with Crippen LogP contribution in [-0.2, 0) is 19.0 Å². The van der Waals surface area contributed by atoms with E-state index in [-0.39, 0.29) is 111 Å². The molecule has 44 heavy (non-hydrogen) atoms. The Balaban J connectivity index is 1.67. The third-order valence-corrected chi connectivity index (χ3v) is 12.4. The molecule has 14 atom stereocenters. The lowest BCUT2D eigenvalue weighted by atomic mass is 9.43. The van der Waals surface area contributed by atoms with Crippen LogP contribution in [0.3, 0.4) is 0 Å². The molecular weight excluding hydrogens is 572 g/mol. The van der Waals surface area contributed by atoms with Gasteiger partial charge in [0.2, 0.25) is 0 Å². The molecule has 256 valence electrons. The molecule has 0 aromatic rings. The summed E-state index contributed by atoms with van der Waals surface area (Å²) in [5.74, 6) is 0.467. The topological polar surface area (TPSA) is 186 Å². The molecule has 4 fully saturated rings. The number of fused-ring (bicyclic) bond motifs is 5. The van der Waals surface area contributed by atoms with E-state index < -0.39 is 24.3 Å². The van der Waals surface area contributed by atoms with Gasteiger partial charge >= 0.3 is 5.97 Å². The molecule has 7 N–H and O–H groups in total. The maximum Gasteiger partial charge on any atom is 0.303 e. The summed E-state index contributed by atoms with van der Waals surface area (Å²) < 4.78 is 19.1. The van der Waals surface area contributed by atoms with Crippen LogP contribution in [0.2, 0.25) is 0 Å². The van der Waals surface area contributed by atoms with Gasteiger partial charge in [0.15, 0.2) is 0 Å². The van der Waals surface area contributed by atoms with E-state index in [9.17, 15) is 40.5 Å². The average Bonchev–Trinajstić information content (AvgIpc) is 3.37. The average molecular weight is 631 g/mol. The molecule has 4 aliphatic carbocycles. The van der Waals surface area contributed by atoms with Gasteiger partial charge in [-0.2, -0.15) is 0 Å². The normalized spacial score (nSPS) is 41.2. The molecule has 0 amide bonds. The fraction of sp³-hybridized carbons (Fsp3) is 0.970. The van der Waals surface area contributed by atoms with Crippen LogP contribution in [-0.4, -0.2) is 118 Å². The number of hydrogen-bond acceptors (Lipinski definition) is 10. The van der Waals surface area contributed by atoms with Gasteiger partial charge in [0, 0.05) is 11.8 Å². The number of carboxylic acids is 1. The zero-order chi connectivity index (χ0) is 32.2. The zero-order valence-corrected chi connectivity index (χ0v) is 26.8. The van der Waals surface area contributed by atoms with Crippen molar-refractivity contribution in [3.63, 3.8) is 0 Å². The first kappa shape index (κ1) is 36.0. The standard InChI is InChI=1S/C33H58O11/c1-19(4-7-30(40)41)25-5-6-26-31-27(12-29(33(25,26)3)44-18-23(39)15-36)32(2)9-8-24(42-16-21(37)13-34)10-20(32)11-28(31)43-17-22(38)14-35/h19-29,31,34-39H,4-18H2,1-3H3,(H,40,41)/t19-,20?,21?,22?,23?,24?,25?,26?,27?,28?,29?,31?,32?,33?/m1/s1. The van der Waals surface area contributed by atoms with Gasteiger partial charge in [-0.15, -0.1) is 0 Å². The van der Waals surface area contributed by atoms with Crippen LogP contribution >= 0.6 is 0 Å². The molecular formula is C33H58O11. The van der Waals surface area contributed by atoms with Crippen LogP contribution in [0.25, 0.3) is 0 Å². The highest BCUT2D eigenvalue weighted by Gasteiger charge is 2.66. The van der Waals surface area contributed by atoms with Crippen LogP contribution < -0.4 is 0 Å². The molecule has 0 aromatic heterocycles. The van der Waals surface area contributed by atoms with E-state index in [1.165, 1.54) is 0 Å². The highest BCUT2D eigenvalue weighted by atomic mass is 16.5. The summed E-state index contributed by atoms with van der Waals surface area (Å²) in [4.78, 5) is 11.5. The number of aliphatic carboxylic acids is 1. The summed E-state index contributed by atoms with van der Waals surface area (Å²) in [5.41, 5.74) is -0.337. The molecule has 0 aromatic carbocycles. The minimum absolute atomic E-state index is 0.0307. The van der Waals surface area contributed by atoms with Crippen molar-refractivity contribution >= 4 is 5.97 Å². The summed E-state index contributed by atoms with van der Waals surface area (Å²) in [5, 5.41) is 68.1. The van der Waals surface area contributed by atoms with Crippen molar-refractivity contribution in [2.45, 2.75) is 115 Å². The van der Waals surface area contributed by atoms with E-state index in [0.29, 0.717) is 6.42 Å². The third-order valence-electron chi connectivity index (χ3n) is 12.4. The maximum atomic E-state index is 11.5. The number of hydrogen-bond donors (Lipinski definition) is 7. The second-order valence-electron chi connectivity index (χ2n) is 14.9. The molecule has 0 aliphatic heterocycles. The number of aliphatic hydroxyl groups excluding tert-OH is 6. The van der Waals surface area contributed by atoms with E-state index in [1.54, 1.807) is 0 Å². The van der Waals surface area contributed by atoms with Crippen molar-refractivity contribution in [1.82, 2.24) is 0 Å². The van der Waals surface area contributed by atoms with Gasteiger partial charge in [0.05, 0.1) is 58.0 Å². The Kier molecular flexibility index (Phi) is 12.5. The Morgan fingerprint density at radius 1 is 0.818 bits per heavy atom. The molecule has 0 spiro atoms. The van der Waals surface area contributed by atoms with Crippen molar-refractivity contribution in [3.8, 4) is 0 Å². The smallest absolute Gasteiger partial charge is 0.303 e. The highest BCUT2D eigenvalue weighted by molar-refractivity contribution is 5.66. The number of carboxylic acid groups (broad SMARTS) is 1. The third kappa shape index (κ3) is 7.47. The maximum absolute atomic E-state index is 11.5. The number of carbonyl (C=O) groups is 1. The zero-order valence-electron chi connectivity index (χ0n) is 26.8. The molecule has 11 nitrogen and oxygen atoms in total. The lowest BCUT2D eigenvalue weighted by Gasteiger charge is -2.65. The first-order valence-electron chi connectivity index (χ1n) is 16.8. The largest absolute Gasteiger partial charge is 0.481 e. The van der Waals surface area contributed by atoms with Gasteiger partial charge in [-0.05, 0) is 92.3 Å². The monoisotopic (exact) mass is 630 g/mol. The molecule has 13 unspecified atom stereocenters. The van der Waals surface area contributed by atoms with Crippen LogP contribution in [0.1, 0.15) is 78.6 Å². The van der Waals surface area contributed by atoms with Crippen LogP contribution in [0.5, 0.6) is 0 Å². The highest BCUT2D eigenvalue weighted by Crippen LogP contribution is 2.69. The van der Waals surface area contributed by atoms with E-state index in [0.717, 1.165) is 44.9 Å². The quantitative estimate of drug-likeness (QED) is 0.131. The Morgan fingerprint density at radius 3 is 2.05 bits per heavy atom. The van der Waals surface area contributed by atoms with Crippen LogP contribution in [0, 0.1) is 46.3 Å². The predicted molar refractivity (Wildman–Crippen MR) is 161 cm³/mol.